The van der Waals surface area contributed by atoms with Crippen LogP contribution in [0.3, 0.4) is 0 Å². The molecule has 1 aliphatic rings. The van der Waals surface area contributed by atoms with Gasteiger partial charge in [-0.3, -0.25) is 9.59 Å². The van der Waals surface area contributed by atoms with E-state index in [1.807, 2.05) is 0 Å². The van der Waals surface area contributed by atoms with E-state index in [1.54, 1.807) is 6.20 Å². The van der Waals surface area contributed by atoms with Gasteiger partial charge in [0.2, 0.25) is 11.8 Å². The summed E-state index contributed by atoms with van der Waals surface area (Å²) in [5.41, 5.74) is 5.76. The van der Waals surface area contributed by atoms with Crippen molar-refractivity contribution < 1.29 is 14.3 Å². The van der Waals surface area contributed by atoms with E-state index in [9.17, 15) is 9.59 Å². The fourth-order valence-electron chi connectivity index (χ4n) is 2.02. The van der Waals surface area contributed by atoms with Gasteiger partial charge in [-0.1, -0.05) is 5.21 Å². The second kappa shape index (κ2) is 7.70. The Balaban J connectivity index is 1.75. The van der Waals surface area contributed by atoms with Crippen LogP contribution >= 0.6 is 0 Å². The van der Waals surface area contributed by atoms with Crippen molar-refractivity contribution in [3.63, 3.8) is 0 Å². The monoisotopic (exact) mass is 296 g/mol. The molecule has 0 radical (unpaired) electrons. The number of hydrogen-bond acceptors (Lipinski definition) is 6. The Bertz CT molecular complexity index is 483. The van der Waals surface area contributed by atoms with Crippen LogP contribution in [0.25, 0.3) is 0 Å². The summed E-state index contributed by atoms with van der Waals surface area (Å²) in [6.07, 6.45) is 3.29. The van der Waals surface area contributed by atoms with E-state index in [-0.39, 0.29) is 37.5 Å². The lowest BCUT2D eigenvalue weighted by Crippen LogP contribution is -2.40. The van der Waals surface area contributed by atoms with Gasteiger partial charge in [-0.2, -0.15) is 0 Å². The van der Waals surface area contributed by atoms with Crippen molar-refractivity contribution in [2.45, 2.75) is 32.0 Å². The summed E-state index contributed by atoms with van der Waals surface area (Å²) >= 11 is 0. The van der Waals surface area contributed by atoms with E-state index < -0.39 is 0 Å². The molecule has 2 rings (SSSR count). The molecular formula is C12H20N6O3. The van der Waals surface area contributed by atoms with E-state index in [2.05, 4.69) is 20.9 Å². The number of nitrogens with one attached hydrogen (secondary N) is 2. The number of amides is 2. The normalized spacial score (nSPS) is 15.7. The van der Waals surface area contributed by atoms with Gasteiger partial charge in [0.05, 0.1) is 19.3 Å². The highest BCUT2D eigenvalue weighted by Gasteiger charge is 2.16. The predicted octanol–water partition coefficient (Wildman–Crippen LogP) is -1.85. The van der Waals surface area contributed by atoms with E-state index in [1.165, 1.54) is 4.68 Å². The maximum absolute atomic E-state index is 11.9. The van der Waals surface area contributed by atoms with Crippen LogP contribution in [0.2, 0.25) is 0 Å². The lowest BCUT2D eigenvalue weighted by atomic mass is 10.1. The molecular weight excluding hydrogens is 276 g/mol. The molecule has 0 spiro atoms. The number of carbonyl (C=O) groups is 2. The Morgan fingerprint density at radius 1 is 1.38 bits per heavy atom. The first-order valence-electron chi connectivity index (χ1n) is 6.90. The number of nitrogens with two attached hydrogens (primary N) is 1. The van der Waals surface area contributed by atoms with Gasteiger partial charge >= 0.3 is 0 Å². The SMILES string of the molecule is NCC(=O)NCc1cn(CC(=O)NC2CCOCC2)nn1. The van der Waals surface area contributed by atoms with Crippen molar-refractivity contribution in [1.82, 2.24) is 25.6 Å². The summed E-state index contributed by atoms with van der Waals surface area (Å²) in [6, 6.07) is 0.165. The number of ether oxygens (including phenoxy) is 1. The minimum absolute atomic E-state index is 0.0678. The van der Waals surface area contributed by atoms with Crippen LogP contribution in [0.15, 0.2) is 6.20 Å². The number of rotatable bonds is 6. The molecule has 21 heavy (non-hydrogen) atoms. The summed E-state index contributed by atoms with van der Waals surface area (Å²) in [5.74, 6) is -0.369. The molecule has 116 valence electrons. The van der Waals surface area contributed by atoms with Gasteiger partial charge < -0.3 is 21.1 Å². The Kier molecular flexibility index (Phi) is 5.64. The van der Waals surface area contributed by atoms with Crippen molar-refractivity contribution >= 4 is 11.8 Å². The zero-order valence-electron chi connectivity index (χ0n) is 11.7. The van der Waals surface area contributed by atoms with Crippen molar-refractivity contribution in [3.8, 4) is 0 Å². The summed E-state index contributed by atoms with van der Waals surface area (Å²) in [4.78, 5) is 22.9. The minimum Gasteiger partial charge on any atom is -0.381 e. The molecule has 0 saturated carbocycles. The lowest BCUT2D eigenvalue weighted by molar-refractivity contribution is -0.123. The van der Waals surface area contributed by atoms with Gasteiger partial charge in [-0.05, 0) is 12.8 Å². The fraction of sp³-hybridized carbons (Fsp3) is 0.667. The molecule has 1 fully saturated rings. The Hall–Kier alpha value is -2.00. The van der Waals surface area contributed by atoms with Crippen LogP contribution in [0.4, 0.5) is 0 Å². The number of aromatic nitrogens is 3. The van der Waals surface area contributed by atoms with Crippen molar-refractivity contribution in [2.24, 2.45) is 5.73 Å². The summed E-state index contributed by atoms with van der Waals surface area (Å²) in [7, 11) is 0. The van der Waals surface area contributed by atoms with E-state index >= 15 is 0 Å². The van der Waals surface area contributed by atoms with Gasteiger partial charge in [0.1, 0.15) is 12.2 Å². The molecule has 0 aromatic carbocycles. The Morgan fingerprint density at radius 3 is 2.86 bits per heavy atom. The van der Waals surface area contributed by atoms with Gasteiger partial charge in [0.15, 0.2) is 0 Å². The Labute approximate surface area is 122 Å². The minimum atomic E-state index is -0.262. The molecule has 0 atom stereocenters. The van der Waals surface area contributed by atoms with E-state index in [4.69, 9.17) is 10.5 Å². The number of carbonyl (C=O) groups excluding carboxylic acids is 2. The van der Waals surface area contributed by atoms with Crippen LogP contribution in [0, 0.1) is 0 Å². The second-order valence-electron chi connectivity index (χ2n) is 4.84. The first-order chi connectivity index (χ1) is 10.2. The summed E-state index contributed by atoms with van der Waals surface area (Å²) in [6.45, 7) is 1.65. The average molecular weight is 296 g/mol. The highest BCUT2D eigenvalue weighted by Crippen LogP contribution is 2.06. The van der Waals surface area contributed by atoms with Crippen LogP contribution in [0.1, 0.15) is 18.5 Å². The molecule has 2 amide bonds. The smallest absolute Gasteiger partial charge is 0.242 e. The third kappa shape index (κ3) is 5.12. The standard InChI is InChI=1S/C12H20N6O3/c13-5-11(19)14-6-10-7-18(17-16-10)8-12(20)15-9-1-3-21-4-2-9/h7,9H,1-6,8,13H2,(H,14,19)(H,15,20). The van der Waals surface area contributed by atoms with E-state index in [0.29, 0.717) is 18.9 Å². The lowest BCUT2D eigenvalue weighted by Gasteiger charge is -2.22. The molecule has 0 bridgehead atoms. The largest absolute Gasteiger partial charge is 0.381 e. The predicted molar refractivity (Wildman–Crippen MR) is 72.9 cm³/mol. The third-order valence-corrected chi connectivity index (χ3v) is 3.13. The topological polar surface area (TPSA) is 124 Å². The van der Waals surface area contributed by atoms with Gasteiger partial charge in [-0.25, -0.2) is 4.68 Å². The zero-order chi connectivity index (χ0) is 15.1. The molecule has 1 saturated heterocycles. The van der Waals surface area contributed by atoms with Gasteiger partial charge in [0, 0.05) is 19.3 Å². The molecule has 1 aromatic rings. The first kappa shape index (κ1) is 15.4. The molecule has 4 N–H and O–H groups in total. The maximum Gasteiger partial charge on any atom is 0.242 e. The molecule has 9 heteroatoms. The van der Waals surface area contributed by atoms with Crippen LogP contribution < -0.4 is 16.4 Å². The van der Waals surface area contributed by atoms with Crippen LogP contribution in [-0.2, 0) is 27.4 Å². The molecule has 9 nitrogen and oxygen atoms in total. The maximum atomic E-state index is 11.9. The van der Waals surface area contributed by atoms with Crippen molar-refractivity contribution in [1.29, 1.82) is 0 Å². The highest BCUT2D eigenvalue weighted by molar-refractivity contribution is 5.77. The second-order valence-corrected chi connectivity index (χ2v) is 4.84. The van der Waals surface area contributed by atoms with Crippen LogP contribution in [0.5, 0.6) is 0 Å². The third-order valence-electron chi connectivity index (χ3n) is 3.13. The fourth-order valence-corrected chi connectivity index (χ4v) is 2.02. The first-order valence-corrected chi connectivity index (χ1v) is 6.90. The van der Waals surface area contributed by atoms with Gasteiger partial charge in [0.25, 0.3) is 0 Å². The quantitative estimate of drug-likeness (QED) is 0.566. The van der Waals surface area contributed by atoms with E-state index in [0.717, 1.165) is 12.8 Å². The molecule has 1 aliphatic heterocycles. The molecule has 0 unspecified atom stereocenters. The zero-order valence-corrected chi connectivity index (χ0v) is 11.7. The summed E-state index contributed by atoms with van der Waals surface area (Å²) < 4.78 is 6.68. The highest BCUT2D eigenvalue weighted by atomic mass is 16.5. The van der Waals surface area contributed by atoms with Crippen molar-refractivity contribution in [2.75, 3.05) is 19.8 Å². The average Bonchev–Trinajstić information content (AvgIpc) is 2.93. The van der Waals surface area contributed by atoms with Crippen molar-refractivity contribution in [3.05, 3.63) is 11.9 Å². The number of hydrogen-bond donors (Lipinski definition) is 3. The Morgan fingerprint density at radius 2 is 2.14 bits per heavy atom. The molecule has 1 aromatic heterocycles. The molecule has 0 aliphatic carbocycles. The summed E-state index contributed by atoms with van der Waals surface area (Å²) in [5, 5.41) is 13.3. The van der Waals surface area contributed by atoms with Gasteiger partial charge in [-0.15, -0.1) is 5.10 Å². The molecule has 2 heterocycles. The van der Waals surface area contributed by atoms with Crippen LogP contribution in [-0.4, -0.2) is 52.6 Å². The number of nitrogens with zero attached hydrogens (tertiary/aromatic N) is 3.